The Morgan fingerprint density at radius 2 is 2.00 bits per heavy atom. The largest absolute Gasteiger partial charge is 0.508 e. The molecule has 0 fully saturated rings. The van der Waals surface area contributed by atoms with E-state index in [2.05, 4.69) is 12.7 Å². The van der Waals surface area contributed by atoms with Gasteiger partial charge in [-0.2, -0.15) is 0 Å². The molecule has 0 radical (unpaired) electrons. The fraction of sp³-hybridized carbons (Fsp3) is 0.346. The minimum atomic E-state index is -0.709. The van der Waals surface area contributed by atoms with Gasteiger partial charge in [-0.1, -0.05) is 23.8 Å². The second-order valence-corrected chi connectivity index (χ2v) is 8.43. The number of allylic oxidation sites excluding steroid dienone is 3. The lowest BCUT2D eigenvalue weighted by molar-refractivity contribution is 0.0834. The lowest BCUT2D eigenvalue weighted by Gasteiger charge is -2.30. The molecule has 32 heavy (non-hydrogen) atoms. The van der Waals surface area contributed by atoms with E-state index in [4.69, 9.17) is 9.47 Å². The van der Waals surface area contributed by atoms with Crippen LogP contribution in [-0.4, -0.2) is 27.9 Å². The molecule has 2 aromatic rings. The van der Waals surface area contributed by atoms with Crippen molar-refractivity contribution < 1.29 is 29.6 Å². The number of hydrogen-bond donors (Lipinski definition) is 3. The van der Waals surface area contributed by atoms with Gasteiger partial charge in [0.1, 0.15) is 29.1 Å². The molecule has 1 aliphatic rings. The Hall–Kier alpha value is -3.25. The van der Waals surface area contributed by atoms with Crippen LogP contribution in [0.5, 0.6) is 23.0 Å². The minimum absolute atomic E-state index is 0.0622. The van der Waals surface area contributed by atoms with E-state index in [1.807, 2.05) is 20.8 Å². The number of phenols is 2. The number of fused-ring (bicyclic) bond motifs is 1. The van der Waals surface area contributed by atoms with Crippen LogP contribution in [0.15, 0.2) is 54.1 Å². The molecule has 6 heteroatoms. The van der Waals surface area contributed by atoms with Crippen LogP contribution >= 0.6 is 0 Å². The van der Waals surface area contributed by atoms with Gasteiger partial charge in [-0.3, -0.25) is 4.79 Å². The van der Waals surface area contributed by atoms with Gasteiger partial charge in [-0.15, -0.1) is 0 Å². The summed E-state index contributed by atoms with van der Waals surface area (Å²) in [6.07, 6.45) is 2.78. The van der Waals surface area contributed by atoms with Crippen LogP contribution in [0.25, 0.3) is 0 Å². The van der Waals surface area contributed by atoms with E-state index >= 15 is 0 Å². The van der Waals surface area contributed by atoms with Gasteiger partial charge in [0, 0.05) is 17.2 Å². The highest BCUT2D eigenvalue weighted by molar-refractivity contribution is 6.00. The second-order valence-electron chi connectivity index (χ2n) is 8.43. The first-order valence-electron chi connectivity index (χ1n) is 10.6. The number of carbonyl (C=O) groups excluding carboxylic acids is 1. The molecule has 0 saturated heterocycles. The molecule has 0 aromatic heterocycles. The zero-order valence-corrected chi connectivity index (χ0v) is 18.7. The number of ether oxygens (including phenoxy) is 2. The first-order valence-corrected chi connectivity index (χ1v) is 10.6. The van der Waals surface area contributed by atoms with Gasteiger partial charge in [0.2, 0.25) is 0 Å². The molecule has 0 spiro atoms. The number of carbonyl (C=O) groups is 1. The summed E-state index contributed by atoms with van der Waals surface area (Å²) in [7, 11) is 0. The summed E-state index contributed by atoms with van der Waals surface area (Å²) in [5, 5.41) is 29.3. The first-order chi connectivity index (χ1) is 15.2. The number of benzene rings is 2. The molecule has 0 saturated carbocycles. The summed E-state index contributed by atoms with van der Waals surface area (Å²) in [4.78, 5) is 13.0. The summed E-state index contributed by atoms with van der Waals surface area (Å²) in [5.74, 6) is 0.595. The van der Waals surface area contributed by atoms with Crippen LogP contribution in [0.3, 0.4) is 0 Å². The van der Waals surface area contributed by atoms with Crippen molar-refractivity contribution in [3.8, 4) is 23.0 Å². The zero-order valence-electron chi connectivity index (χ0n) is 18.7. The van der Waals surface area contributed by atoms with E-state index in [1.54, 1.807) is 18.2 Å². The maximum atomic E-state index is 13.0. The molecule has 170 valence electrons. The standard InChI is InChI=1S/C26H30O6/c1-15(2)5-6-17(16(3)4)11-21-24(31-14-27)10-9-20-23(30)13-25(32-26(20)21)19-8-7-18(28)12-22(19)29/h5,7-10,12,17,25,27-29H,3,6,11,13-14H2,1-2,4H3. The molecular formula is C26H30O6. The Bertz CT molecular complexity index is 1050. The highest BCUT2D eigenvalue weighted by atomic mass is 16.6. The van der Waals surface area contributed by atoms with E-state index in [-0.39, 0.29) is 29.6 Å². The Kier molecular flexibility index (Phi) is 7.26. The Balaban J connectivity index is 2.06. The number of aromatic hydroxyl groups is 2. The van der Waals surface area contributed by atoms with Crippen molar-refractivity contribution in [2.45, 2.75) is 46.1 Å². The maximum Gasteiger partial charge on any atom is 0.186 e. The molecule has 1 aliphatic heterocycles. The number of phenolic OH excluding ortho intramolecular Hbond substituents is 2. The van der Waals surface area contributed by atoms with Crippen LogP contribution in [0.1, 0.15) is 61.2 Å². The van der Waals surface area contributed by atoms with E-state index in [1.165, 1.54) is 17.7 Å². The molecule has 3 rings (SSSR count). The number of aliphatic hydroxyl groups is 1. The maximum absolute atomic E-state index is 13.0. The number of aliphatic hydroxyl groups excluding tert-OH is 1. The molecule has 0 bridgehead atoms. The Morgan fingerprint density at radius 3 is 2.62 bits per heavy atom. The summed E-state index contributed by atoms with van der Waals surface area (Å²) in [6, 6.07) is 7.54. The fourth-order valence-electron chi connectivity index (χ4n) is 3.89. The topological polar surface area (TPSA) is 96.2 Å². The fourth-order valence-corrected chi connectivity index (χ4v) is 3.89. The molecule has 3 N–H and O–H groups in total. The summed E-state index contributed by atoms with van der Waals surface area (Å²) in [6.45, 7) is 9.67. The third-order valence-corrected chi connectivity index (χ3v) is 5.69. The van der Waals surface area contributed by atoms with Gasteiger partial charge >= 0.3 is 0 Å². The Labute approximate surface area is 188 Å². The van der Waals surface area contributed by atoms with Gasteiger partial charge in [-0.25, -0.2) is 0 Å². The van der Waals surface area contributed by atoms with Crippen LogP contribution in [0.2, 0.25) is 0 Å². The molecular weight excluding hydrogens is 408 g/mol. The third-order valence-electron chi connectivity index (χ3n) is 5.69. The van der Waals surface area contributed by atoms with Crippen LogP contribution in [0, 0.1) is 5.92 Å². The normalized spacial score (nSPS) is 16.0. The van der Waals surface area contributed by atoms with Crippen molar-refractivity contribution in [1.82, 2.24) is 0 Å². The zero-order chi connectivity index (χ0) is 23.4. The summed E-state index contributed by atoms with van der Waals surface area (Å²) in [5.41, 5.74) is 3.74. The Morgan fingerprint density at radius 1 is 1.25 bits per heavy atom. The van der Waals surface area contributed by atoms with Crippen molar-refractivity contribution in [1.29, 1.82) is 0 Å². The van der Waals surface area contributed by atoms with Crippen LogP contribution in [-0.2, 0) is 6.42 Å². The number of Topliss-reactive ketones (excluding diaryl/α,β-unsaturated/α-hetero) is 1. The van der Waals surface area contributed by atoms with E-state index in [0.29, 0.717) is 34.6 Å². The molecule has 2 aromatic carbocycles. The number of rotatable bonds is 8. The van der Waals surface area contributed by atoms with Gasteiger partial charge < -0.3 is 24.8 Å². The van der Waals surface area contributed by atoms with Crippen LogP contribution in [0.4, 0.5) is 0 Å². The highest BCUT2D eigenvalue weighted by Crippen LogP contribution is 2.44. The monoisotopic (exact) mass is 438 g/mol. The van der Waals surface area contributed by atoms with Crippen molar-refractivity contribution >= 4 is 5.78 Å². The molecule has 2 unspecified atom stereocenters. The van der Waals surface area contributed by atoms with E-state index < -0.39 is 12.9 Å². The van der Waals surface area contributed by atoms with Gasteiger partial charge in [0.05, 0.1) is 12.0 Å². The van der Waals surface area contributed by atoms with Crippen molar-refractivity contribution in [3.05, 3.63) is 70.8 Å². The minimum Gasteiger partial charge on any atom is -0.508 e. The summed E-state index contributed by atoms with van der Waals surface area (Å²) >= 11 is 0. The van der Waals surface area contributed by atoms with Crippen molar-refractivity contribution in [2.75, 3.05) is 6.79 Å². The third kappa shape index (κ3) is 5.14. The lowest BCUT2D eigenvalue weighted by Crippen LogP contribution is -2.22. The van der Waals surface area contributed by atoms with Gasteiger partial charge in [0.25, 0.3) is 0 Å². The van der Waals surface area contributed by atoms with E-state index in [9.17, 15) is 20.1 Å². The second kappa shape index (κ2) is 9.92. The average Bonchev–Trinajstić information content (AvgIpc) is 2.71. The predicted octanol–water partition coefficient (Wildman–Crippen LogP) is 5.22. The molecule has 1 heterocycles. The number of hydrogen-bond acceptors (Lipinski definition) is 6. The smallest absolute Gasteiger partial charge is 0.186 e. The van der Waals surface area contributed by atoms with Crippen LogP contribution < -0.4 is 9.47 Å². The SMILES string of the molecule is C=C(C)C(CC=C(C)C)Cc1c(OCO)ccc2c1OC(c1ccc(O)cc1O)CC2=O. The van der Waals surface area contributed by atoms with Crippen molar-refractivity contribution in [3.63, 3.8) is 0 Å². The average molecular weight is 439 g/mol. The highest BCUT2D eigenvalue weighted by Gasteiger charge is 2.33. The first kappa shape index (κ1) is 23.4. The van der Waals surface area contributed by atoms with Gasteiger partial charge in [-0.05, 0) is 63.8 Å². The van der Waals surface area contributed by atoms with E-state index in [0.717, 1.165) is 12.0 Å². The van der Waals surface area contributed by atoms with Crippen molar-refractivity contribution in [2.24, 2.45) is 5.92 Å². The summed E-state index contributed by atoms with van der Waals surface area (Å²) < 4.78 is 11.7. The number of ketones is 1. The molecule has 6 nitrogen and oxygen atoms in total. The van der Waals surface area contributed by atoms with Gasteiger partial charge in [0.15, 0.2) is 12.6 Å². The predicted molar refractivity (Wildman–Crippen MR) is 122 cm³/mol. The lowest BCUT2D eigenvalue weighted by atomic mass is 9.86. The molecule has 2 atom stereocenters. The molecule has 0 amide bonds. The molecule has 0 aliphatic carbocycles. The quantitative estimate of drug-likeness (QED) is 0.386.